The molecule has 0 saturated heterocycles. The van der Waals surface area contributed by atoms with E-state index >= 15 is 0 Å². The molecule has 0 fully saturated rings. The number of benzene rings is 3. The smallest absolute Gasteiger partial charge is 0.416 e. The second-order valence-electron chi connectivity index (χ2n) is 7.28. The Bertz CT molecular complexity index is 1250. The monoisotopic (exact) mass is 556 g/mol. The van der Waals surface area contributed by atoms with E-state index < -0.39 is 21.8 Å². The summed E-state index contributed by atoms with van der Waals surface area (Å²) in [5, 5.41) is 2.80. The van der Waals surface area contributed by atoms with Crippen LogP contribution in [0, 0.1) is 0 Å². The number of alkyl halides is 3. The van der Waals surface area contributed by atoms with E-state index in [0.717, 1.165) is 22.2 Å². The molecule has 0 aliphatic rings. The molecular weight excluding hydrogens is 537 g/mol. The summed E-state index contributed by atoms with van der Waals surface area (Å²) in [6.45, 7) is 1.55. The lowest BCUT2D eigenvalue weighted by Crippen LogP contribution is -2.31. The van der Waals surface area contributed by atoms with Crippen LogP contribution in [0.5, 0.6) is 5.75 Å². The zero-order valence-electron chi connectivity index (χ0n) is 17.8. The highest BCUT2D eigenvalue weighted by Crippen LogP contribution is 2.31. The van der Waals surface area contributed by atoms with Gasteiger partial charge in [0.1, 0.15) is 5.75 Å². The Morgan fingerprint density at radius 3 is 2.29 bits per heavy atom. The van der Waals surface area contributed by atoms with Gasteiger partial charge in [0, 0.05) is 10.2 Å². The molecule has 34 heavy (non-hydrogen) atoms. The molecule has 1 atom stereocenters. The van der Waals surface area contributed by atoms with Gasteiger partial charge in [-0.2, -0.15) is 13.2 Å². The predicted molar refractivity (Wildman–Crippen MR) is 125 cm³/mol. The van der Waals surface area contributed by atoms with E-state index in [1.807, 2.05) is 31.2 Å². The molecule has 0 aliphatic carbocycles. The first-order valence-electron chi connectivity index (χ1n) is 9.92. The quantitative estimate of drug-likeness (QED) is 0.382. The van der Waals surface area contributed by atoms with Crippen LogP contribution in [0.25, 0.3) is 0 Å². The Morgan fingerprint density at radius 1 is 1.03 bits per heavy atom. The molecule has 0 heterocycles. The average molecular weight is 557 g/mol. The van der Waals surface area contributed by atoms with Gasteiger partial charge in [0.15, 0.2) is 6.61 Å². The number of halogens is 4. The van der Waals surface area contributed by atoms with Crippen LogP contribution < -0.4 is 14.8 Å². The van der Waals surface area contributed by atoms with E-state index in [1.54, 1.807) is 0 Å². The maximum absolute atomic E-state index is 12.8. The van der Waals surface area contributed by atoms with Crippen LogP contribution >= 0.6 is 15.9 Å². The molecule has 1 unspecified atom stereocenters. The van der Waals surface area contributed by atoms with Crippen LogP contribution in [0.3, 0.4) is 0 Å². The van der Waals surface area contributed by atoms with Crippen molar-refractivity contribution < 1.29 is 31.1 Å². The average Bonchev–Trinajstić information content (AvgIpc) is 2.78. The minimum atomic E-state index is -4.59. The van der Waals surface area contributed by atoms with Crippen molar-refractivity contribution in [2.75, 3.05) is 11.3 Å². The van der Waals surface area contributed by atoms with Crippen molar-refractivity contribution in [3.63, 3.8) is 0 Å². The summed E-state index contributed by atoms with van der Waals surface area (Å²) in [4.78, 5) is 12.0. The SMILES string of the molecule is CC(NC(=O)COc1ccc(S(=O)(=O)Nc2cccc(C(F)(F)F)c2)cc1)c1ccc(Br)cc1. The molecule has 3 aromatic rings. The van der Waals surface area contributed by atoms with Crippen LogP contribution in [-0.4, -0.2) is 20.9 Å². The third kappa shape index (κ3) is 6.97. The zero-order chi connectivity index (χ0) is 24.9. The van der Waals surface area contributed by atoms with Gasteiger partial charge in [-0.25, -0.2) is 8.42 Å². The second-order valence-corrected chi connectivity index (χ2v) is 9.88. The van der Waals surface area contributed by atoms with Crippen molar-refractivity contribution in [1.82, 2.24) is 5.32 Å². The highest BCUT2D eigenvalue weighted by atomic mass is 79.9. The molecule has 1 amide bonds. The molecule has 0 bridgehead atoms. The van der Waals surface area contributed by atoms with Crippen molar-refractivity contribution in [2.24, 2.45) is 0 Å². The molecule has 180 valence electrons. The molecule has 2 N–H and O–H groups in total. The first-order valence-corrected chi connectivity index (χ1v) is 12.2. The summed E-state index contributed by atoms with van der Waals surface area (Å²) in [6.07, 6.45) is -4.59. The van der Waals surface area contributed by atoms with E-state index in [0.29, 0.717) is 6.07 Å². The third-order valence-electron chi connectivity index (χ3n) is 4.69. The van der Waals surface area contributed by atoms with Crippen LogP contribution in [0.2, 0.25) is 0 Å². The van der Waals surface area contributed by atoms with Gasteiger partial charge in [0.05, 0.1) is 16.5 Å². The van der Waals surface area contributed by atoms with Gasteiger partial charge < -0.3 is 10.1 Å². The summed E-state index contributed by atoms with van der Waals surface area (Å²) in [7, 11) is -4.13. The minimum Gasteiger partial charge on any atom is -0.484 e. The highest BCUT2D eigenvalue weighted by Gasteiger charge is 2.30. The van der Waals surface area contributed by atoms with Crippen LogP contribution in [0.4, 0.5) is 18.9 Å². The summed E-state index contributed by atoms with van der Waals surface area (Å²) in [5.41, 5.74) is -0.268. The Morgan fingerprint density at radius 2 is 1.68 bits per heavy atom. The van der Waals surface area contributed by atoms with Crippen molar-refractivity contribution >= 4 is 37.5 Å². The number of hydrogen-bond donors (Lipinski definition) is 2. The van der Waals surface area contributed by atoms with Gasteiger partial charge in [-0.05, 0) is 67.1 Å². The largest absolute Gasteiger partial charge is 0.484 e. The van der Waals surface area contributed by atoms with Gasteiger partial charge in [-0.3, -0.25) is 9.52 Å². The Labute approximate surface area is 203 Å². The Kier molecular flexibility index (Phi) is 7.88. The lowest BCUT2D eigenvalue weighted by atomic mass is 10.1. The lowest BCUT2D eigenvalue weighted by molar-refractivity contribution is -0.137. The summed E-state index contributed by atoms with van der Waals surface area (Å²) in [6, 6.07) is 16.3. The molecule has 0 aliphatic heterocycles. The highest BCUT2D eigenvalue weighted by molar-refractivity contribution is 9.10. The summed E-state index contributed by atoms with van der Waals surface area (Å²) >= 11 is 3.35. The fourth-order valence-corrected chi connectivity index (χ4v) is 4.27. The van der Waals surface area contributed by atoms with Crippen molar-refractivity contribution in [3.05, 3.63) is 88.4 Å². The second kappa shape index (κ2) is 10.5. The van der Waals surface area contributed by atoms with E-state index in [1.165, 1.54) is 30.3 Å². The van der Waals surface area contributed by atoms with Crippen LogP contribution in [0.1, 0.15) is 24.1 Å². The molecule has 0 spiro atoms. The third-order valence-corrected chi connectivity index (χ3v) is 6.62. The topological polar surface area (TPSA) is 84.5 Å². The number of carbonyl (C=O) groups excluding carboxylic acids is 1. The van der Waals surface area contributed by atoms with E-state index in [2.05, 4.69) is 26.0 Å². The summed E-state index contributed by atoms with van der Waals surface area (Å²) in [5.74, 6) is -0.109. The van der Waals surface area contributed by atoms with Crippen LogP contribution in [0.15, 0.2) is 82.2 Å². The van der Waals surface area contributed by atoms with Crippen molar-refractivity contribution in [1.29, 1.82) is 0 Å². The molecule has 3 rings (SSSR count). The van der Waals surface area contributed by atoms with E-state index in [4.69, 9.17) is 4.74 Å². The first-order chi connectivity index (χ1) is 15.9. The number of ether oxygens (including phenoxy) is 1. The minimum absolute atomic E-state index is 0.175. The van der Waals surface area contributed by atoms with Gasteiger partial charge in [-0.1, -0.05) is 34.1 Å². The predicted octanol–water partition coefficient (Wildman–Crippen LogP) is 5.52. The molecular formula is C23H20BrF3N2O4S. The van der Waals surface area contributed by atoms with E-state index in [9.17, 15) is 26.4 Å². The Balaban J connectivity index is 1.58. The number of nitrogens with one attached hydrogen (secondary N) is 2. The van der Waals surface area contributed by atoms with E-state index in [-0.39, 0.29) is 34.9 Å². The zero-order valence-corrected chi connectivity index (χ0v) is 20.2. The van der Waals surface area contributed by atoms with Crippen LogP contribution in [-0.2, 0) is 21.0 Å². The number of amides is 1. The first kappa shape index (κ1) is 25.6. The lowest BCUT2D eigenvalue weighted by Gasteiger charge is -2.15. The molecule has 0 aromatic heterocycles. The van der Waals surface area contributed by atoms with Gasteiger partial charge in [0.25, 0.3) is 15.9 Å². The normalized spacial score (nSPS) is 12.6. The molecule has 6 nitrogen and oxygen atoms in total. The number of carbonyl (C=O) groups is 1. The molecule has 3 aromatic carbocycles. The van der Waals surface area contributed by atoms with Gasteiger partial charge in [0.2, 0.25) is 0 Å². The fourth-order valence-electron chi connectivity index (χ4n) is 2.95. The fraction of sp³-hybridized carbons (Fsp3) is 0.174. The Hall–Kier alpha value is -3.05. The molecule has 0 radical (unpaired) electrons. The van der Waals surface area contributed by atoms with Crippen molar-refractivity contribution in [3.8, 4) is 5.75 Å². The summed E-state index contributed by atoms with van der Waals surface area (Å²) < 4.78 is 72.0. The maximum atomic E-state index is 12.8. The number of sulfonamides is 1. The molecule has 11 heteroatoms. The van der Waals surface area contributed by atoms with Crippen molar-refractivity contribution in [2.45, 2.75) is 24.0 Å². The van der Waals surface area contributed by atoms with Gasteiger partial charge in [-0.15, -0.1) is 0 Å². The van der Waals surface area contributed by atoms with Gasteiger partial charge >= 0.3 is 6.18 Å². The number of hydrogen-bond acceptors (Lipinski definition) is 4. The standard InChI is InChI=1S/C23H20BrF3N2O4S/c1-15(16-5-7-18(24)8-6-16)28-22(30)14-33-20-9-11-21(12-10-20)34(31,32)29-19-4-2-3-17(13-19)23(25,26)27/h2-13,15,29H,14H2,1H3,(H,28,30). The maximum Gasteiger partial charge on any atom is 0.416 e. The number of rotatable bonds is 8. The number of anilines is 1. The molecule has 0 saturated carbocycles.